The smallest absolute Gasteiger partial charge is 0.320 e. The topological polar surface area (TPSA) is 26.0 Å². The van der Waals surface area contributed by atoms with E-state index in [-0.39, 0.29) is 0 Å². The van der Waals surface area contributed by atoms with Crippen molar-refractivity contribution in [3.8, 4) is 0 Å². The van der Waals surface area contributed by atoms with Crippen LogP contribution in [0.1, 0.15) is 28.3 Å². The van der Waals surface area contributed by atoms with Crippen molar-refractivity contribution in [3.63, 3.8) is 0 Å². The normalized spacial score (nSPS) is 13.3. The molecule has 0 bridgehead atoms. The molecule has 2 rings (SSSR count). The van der Waals surface area contributed by atoms with E-state index in [2.05, 4.69) is 0 Å². The molecule has 106 valence electrons. The molecule has 0 aliphatic rings. The fourth-order valence-corrected chi connectivity index (χ4v) is 2.19. The van der Waals surface area contributed by atoms with Crippen molar-refractivity contribution in [1.82, 2.24) is 0 Å². The molecule has 0 heterocycles. The highest BCUT2D eigenvalue weighted by Crippen LogP contribution is 2.31. The Balaban J connectivity index is 2.34. The van der Waals surface area contributed by atoms with Crippen LogP contribution in [-0.2, 0) is 6.18 Å². The van der Waals surface area contributed by atoms with E-state index in [1.165, 1.54) is 12.1 Å². The van der Waals surface area contributed by atoms with E-state index >= 15 is 0 Å². The molecule has 0 aromatic heterocycles. The number of aryl methyl sites for hydroxylation is 1. The molecule has 0 fully saturated rings. The van der Waals surface area contributed by atoms with Crippen LogP contribution in [0, 0.1) is 6.92 Å². The lowest BCUT2D eigenvalue weighted by Gasteiger charge is -2.16. The van der Waals surface area contributed by atoms with E-state index in [1.807, 2.05) is 13.0 Å². The largest absolute Gasteiger partial charge is 0.416 e. The van der Waals surface area contributed by atoms with Gasteiger partial charge >= 0.3 is 6.18 Å². The van der Waals surface area contributed by atoms with Gasteiger partial charge in [-0.1, -0.05) is 29.8 Å². The molecule has 0 aliphatic carbocycles. The molecule has 2 aromatic rings. The fraction of sp³-hybridized carbons (Fsp3) is 0.200. The van der Waals surface area contributed by atoms with Gasteiger partial charge in [0.2, 0.25) is 0 Å². The first-order valence-corrected chi connectivity index (χ1v) is 6.35. The van der Waals surface area contributed by atoms with Crippen molar-refractivity contribution >= 4 is 11.6 Å². The van der Waals surface area contributed by atoms with E-state index < -0.39 is 17.8 Å². The SMILES string of the molecule is Cc1ccc(Cl)cc1C(N)c1ccc(C(F)(F)F)cc1. The summed E-state index contributed by atoms with van der Waals surface area (Å²) in [6.45, 7) is 1.88. The molecule has 1 nitrogen and oxygen atoms in total. The Morgan fingerprint density at radius 1 is 1.05 bits per heavy atom. The van der Waals surface area contributed by atoms with Gasteiger partial charge in [0.05, 0.1) is 11.6 Å². The predicted octanol–water partition coefficient (Wildman–Crippen LogP) is 4.72. The standard InChI is InChI=1S/C15H13ClF3N/c1-9-2-7-12(16)8-13(9)14(20)10-3-5-11(6-4-10)15(17,18)19/h2-8,14H,20H2,1H3. The third kappa shape index (κ3) is 3.14. The summed E-state index contributed by atoms with van der Waals surface area (Å²) in [4.78, 5) is 0. The summed E-state index contributed by atoms with van der Waals surface area (Å²) >= 11 is 5.93. The van der Waals surface area contributed by atoms with Crippen LogP contribution in [0.15, 0.2) is 42.5 Å². The molecule has 2 N–H and O–H groups in total. The molecule has 20 heavy (non-hydrogen) atoms. The second-order valence-corrected chi connectivity index (χ2v) is 5.03. The first-order valence-electron chi connectivity index (χ1n) is 5.98. The van der Waals surface area contributed by atoms with Gasteiger partial charge in [-0.25, -0.2) is 0 Å². The lowest BCUT2D eigenvalue weighted by atomic mass is 9.95. The van der Waals surface area contributed by atoms with Crippen LogP contribution in [0.4, 0.5) is 13.2 Å². The minimum atomic E-state index is -4.34. The van der Waals surface area contributed by atoms with Crippen LogP contribution in [0.25, 0.3) is 0 Å². The zero-order valence-electron chi connectivity index (χ0n) is 10.7. The maximum Gasteiger partial charge on any atom is 0.416 e. The summed E-state index contributed by atoms with van der Waals surface area (Å²) < 4.78 is 37.5. The van der Waals surface area contributed by atoms with Crippen LogP contribution < -0.4 is 5.73 Å². The van der Waals surface area contributed by atoms with Crippen molar-refractivity contribution < 1.29 is 13.2 Å². The third-order valence-electron chi connectivity index (χ3n) is 3.17. The fourth-order valence-electron chi connectivity index (χ4n) is 2.01. The second-order valence-electron chi connectivity index (χ2n) is 4.60. The predicted molar refractivity (Wildman–Crippen MR) is 73.7 cm³/mol. The molecule has 0 amide bonds. The summed E-state index contributed by atoms with van der Waals surface area (Å²) in [5, 5.41) is 0.549. The molecular formula is C15H13ClF3N. The highest BCUT2D eigenvalue weighted by atomic mass is 35.5. The van der Waals surface area contributed by atoms with Gasteiger partial charge in [-0.15, -0.1) is 0 Å². The molecule has 1 unspecified atom stereocenters. The van der Waals surface area contributed by atoms with E-state index in [9.17, 15) is 13.2 Å². The number of halogens is 4. The van der Waals surface area contributed by atoms with Crippen LogP contribution in [0.5, 0.6) is 0 Å². The van der Waals surface area contributed by atoms with Crippen LogP contribution in [0.2, 0.25) is 5.02 Å². The molecule has 0 radical (unpaired) electrons. The van der Waals surface area contributed by atoms with Gasteiger partial charge < -0.3 is 5.73 Å². The monoisotopic (exact) mass is 299 g/mol. The van der Waals surface area contributed by atoms with E-state index in [1.54, 1.807) is 12.1 Å². The molecule has 5 heteroatoms. The third-order valence-corrected chi connectivity index (χ3v) is 3.41. The van der Waals surface area contributed by atoms with Crippen LogP contribution in [0.3, 0.4) is 0 Å². The molecule has 0 spiro atoms. The maximum absolute atomic E-state index is 12.5. The summed E-state index contributed by atoms with van der Waals surface area (Å²) in [5.74, 6) is 0. The summed E-state index contributed by atoms with van der Waals surface area (Å²) in [6, 6.07) is 9.68. The summed E-state index contributed by atoms with van der Waals surface area (Å²) in [7, 11) is 0. The van der Waals surface area contributed by atoms with Crippen LogP contribution in [-0.4, -0.2) is 0 Å². The summed E-state index contributed by atoms with van der Waals surface area (Å²) in [5.41, 5.74) is 7.78. The first kappa shape index (κ1) is 14.9. The Morgan fingerprint density at radius 3 is 2.20 bits per heavy atom. The summed E-state index contributed by atoms with van der Waals surface area (Å²) in [6.07, 6.45) is -4.34. The highest BCUT2D eigenvalue weighted by Gasteiger charge is 2.30. The van der Waals surface area contributed by atoms with Crippen molar-refractivity contribution in [1.29, 1.82) is 0 Å². The lowest BCUT2D eigenvalue weighted by molar-refractivity contribution is -0.137. The van der Waals surface area contributed by atoms with E-state index in [0.717, 1.165) is 23.3 Å². The minimum absolute atomic E-state index is 0.504. The van der Waals surface area contributed by atoms with Gasteiger partial charge in [-0.3, -0.25) is 0 Å². The zero-order chi connectivity index (χ0) is 14.9. The first-order chi connectivity index (χ1) is 9.29. The Kier molecular flexibility index (Phi) is 4.06. The lowest BCUT2D eigenvalue weighted by Crippen LogP contribution is -2.14. The Hall–Kier alpha value is -1.52. The Bertz CT molecular complexity index is 606. The number of nitrogens with two attached hydrogens (primary N) is 1. The second kappa shape index (κ2) is 5.46. The van der Waals surface area contributed by atoms with Gasteiger partial charge in [-0.2, -0.15) is 13.2 Å². The average molecular weight is 300 g/mol. The minimum Gasteiger partial charge on any atom is -0.320 e. The van der Waals surface area contributed by atoms with Crippen molar-refractivity contribution in [3.05, 3.63) is 69.7 Å². The molecule has 0 aliphatic heterocycles. The molecule has 2 aromatic carbocycles. The average Bonchev–Trinajstić information content (AvgIpc) is 2.40. The van der Waals surface area contributed by atoms with Gasteiger partial charge in [0, 0.05) is 5.02 Å². The molecular weight excluding hydrogens is 287 g/mol. The molecule has 0 saturated carbocycles. The number of rotatable bonds is 2. The quantitative estimate of drug-likeness (QED) is 0.853. The van der Waals surface area contributed by atoms with E-state index in [4.69, 9.17) is 17.3 Å². The molecule has 0 saturated heterocycles. The van der Waals surface area contributed by atoms with Crippen molar-refractivity contribution in [2.75, 3.05) is 0 Å². The highest BCUT2D eigenvalue weighted by molar-refractivity contribution is 6.30. The van der Waals surface area contributed by atoms with Gasteiger partial charge in [-0.05, 0) is 47.9 Å². The van der Waals surface area contributed by atoms with E-state index in [0.29, 0.717) is 10.6 Å². The Morgan fingerprint density at radius 2 is 1.65 bits per heavy atom. The number of alkyl halides is 3. The van der Waals surface area contributed by atoms with Gasteiger partial charge in [0.15, 0.2) is 0 Å². The number of hydrogen-bond acceptors (Lipinski definition) is 1. The molecule has 1 atom stereocenters. The van der Waals surface area contributed by atoms with Gasteiger partial charge in [0.25, 0.3) is 0 Å². The number of benzene rings is 2. The van der Waals surface area contributed by atoms with Gasteiger partial charge in [0.1, 0.15) is 0 Å². The maximum atomic E-state index is 12.5. The Labute approximate surface area is 120 Å². The van der Waals surface area contributed by atoms with Crippen molar-refractivity contribution in [2.45, 2.75) is 19.1 Å². The van der Waals surface area contributed by atoms with Crippen molar-refractivity contribution in [2.24, 2.45) is 5.73 Å². The van der Waals surface area contributed by atoms with Crippen LogP contribution >= 0.6 is 11.6 Å². The zero-order valence-corrected chi connectivity index (χ0v) is 11.5. The number of hydrogen-bond donors (Lipinski definition) is 1.